The zero-order valence-electron chi connectivity index (χ0n) is 10.3. The van der Waals surface area contributed by atoms with Gasteiger partial charge >= 0.3 is 5.97 Å². The predicted molar refractivity (Wildman–Crippen MR) is 62.9 cm³/mol. The molecule has 1 atom stereocenters. The van der Waals surface area contributed by atoms with Gasteiger partial charge in [0.25, 0.3) is 5.91 Å². The molecule has 6 nitrogen and oxygen atoms in total. The van der Waals surface area contributed by atoms with E-state index in [-0.39, 0.29) is 5.75 Å². The molecule has 104 valence electrons. The quantitative estimate of drug-likeness (QED) is 0.703. The summed E-state index contributed by atoms with van der Waals surface area (Å²) >= 11 is 0. The number of methoxy groups -OCH3 is 1. The topological polar surface area (TPSA) is 84.9 Å². The van der Waals surface area contributed by atoms with Crippen LogP contribution in [0.4, 0.5) is 4.39 Å². The Bertz CT molecular complexity index is 452. The van der Waals surface area contributed by atoms with Crippen LogP contribution in [0.25, 0.3) is 0 Å². The van der Waals surface area contributed by atoms with Gasteiger partial charge in [0, 0.05) is 0 Å². The first-order valence-electron chi connectivity index (χ1n) is 5.44. The van der Waals surface area contributed by atoms with E-state index in [1.807, 2.05) is 0 Å². The molecule has 0 fully saturated rings. The maximum absolute atomic E-state index is 13.2. The van der Waals surface area contributed by atoms with Gasteiger partial charge in [-0.3, -0.25) is 4.79 Å². The Kier molecular flexibility index (Phi) is 5.74. The summed E-state index contributed by atoms with van der Waals surface area (Å²) in [7, 11) is 1.13. The molecule has 2 N–H and O–H groups in total. The lowest BCUT2D eigenvalue weighted by Gasteiger charge is -2.14. The van der Waals surface area contributed by atoms with Crippen LogP contribution in [-0.4, -0.2) is 43.3 Å². The Morgan fingerprint density at radius 2 is 2.11 bits per heavy atom. The number of esters is 1. The molecule has 0 spiro atoms. The SMILES string of the molecule is COC(=O)[C@H](CO)NC(=O)COc1ccccc1F. The molecule has 0 aliphatic heterocycles. The third-order valence-corrected chi connectivity index (χ3v) is 2.20. The molecule has 0 aliphatic rings. The maximum atomic E-state index is 13.2. The fraction of sp³-hybridized carbons (Fsp3) is 0.333. The summed E-state index contributed by atoms with van der Waals surface area (Å²) in [5.74, 6) is -2.12. The van der Waals surface area contributed by atoms with Gasteiger partial charge in [-0.25, -0.2) is 9.18 Å². The number of aliphatic hydroxyl groups is 1. The van der Waals surface area contributed by atoms with Crippen molar-refractivity contribution in [2.75, 3.05) is 20.3 Å². The van der Waals surface area contributed by atoms with E-state index in [0.717, 1.165) is 7.11 Å². The number of para-hydroxylation sites is 1. The predicted octanol–water partition coefficient (Wildman–Crippen LogP) is -0.145. The number of halogens is 1. The van der Waals surface area contributed by atoms with Crippen LogP contribution in [0.5, 0.6) is 5.75 Å². The highest BCUT2D eigenvalue weighted by Crippen LogP contribution is 2.14. The summed E-state index contributed by atoms with van der Waals surface area (Å²) in [6.07, 6.45) is 0. The molecule has 1 aromatic carbocycles. The van der Waals surface area contributed by atoms with E-state index in [1.54, 1.807) is 6.07 Å². The lowest BCUT2D eigenvalue weighted by Crippen LogP contribution is -2.45. The van der Waals surface area contributed by atoms with Crippen LogP contribution in [-0.2, 0) is 14.3 Å². The molecule has 0 saturated carbocycles. The fourth-order valence-corrected chi connectivity index (χ4v) is 1.26. The molecule has 0 saturated heterocycles. The molecule has 0 heterocycles. The Labute approximate surface area is 109 Å². The largest absolute Gasteiger partial charge is 0.481 e. The highest BCUT2D eigenvalue weighted by molar-refractivity contribution is 5.85. The maximum Gasteiger partial charge on any atom is 0.330 e. The van der Waals surface area contributed by atoms with Crippen molar-refractivity contribution in [1.29, 1.82) is 0 Å². The molecule has 0 unspecified atom stereocenters. The van der Waals surface area contributed by atoms with E-state index in [0.29, 0.717) is 0 Å². The number of carbonyl (C=O) groups excluding carboxylic acids is 2. The van der Waals surface area contributed by atoms with Crippen LogP contribution in [0.2, 0.25) is 0 Å². The minimum atomic E-state index is -1.17. The summed E-state index contributed by atoms with van der Waals surface area (Å²) < 4.78 is 22.5. The lowest BCUT2D eigenvalue weighted by molar-refractivity contribution is -0.146. The first-order valence-corrected chi connectivity index (χ1v) is 5.44. The summed E-state index contributed by atoms with van der Waals surface area (Å²) in [6, 6.07) is 4.44. The van der Waals surface area contributed by atoms with Crippen LogP contribution in [0, 0.1) is 5.82 Å². The van der Waals surface area contributed by atoms with Crippen LogP contribution in [0.15, 0.2) is 24.3 Å². The van der Waals surface area contributed by atoms with Crippen molar-refractivity contribution in [3.63, 3.8) is 0 Å². The minimum absolute atomic E-state index is 0.0729. The van der Waals surface area contributed by atoms with Gasteiger partial charge in [0.15, 0.2) is 24.2 Å². The summed E-state index contributed by atoms with van der Waals surface area (Å²) in [5.41, 5.74) is 0. The lowest BCUT2D eigenvalue weighted by atomic mass is 10.3. The van der Waals surface area contributed by atoms with Crippen LogP contribution < -0.4 is 10.1 Å². The standard InChI is InChI=1S/C12H14FNO5/c1-18-12(17)9(6-15)14-11(16)7-19-10-5-3-2-4-8(10)13/h2-5,9,15H,6-7H2,1H3,(H,14,16)/t9-/m0/s1. The molecule has 7 heteroatoms. The Balaban J connectivity index is 2.48. The average molecular weight is 271 g/mol. The number of amides is 1. The number of hydrogen-bond acceptors (Lipinski definition) is 5. The third-order valence-electron chi connectivity index (χ3n) is 2.20. The number of benzene rings is 1. The van der Waals surface area contributed by atoms with E-state index < -0.39 is 36.9 Å². The number of nitrogens with one attached hydrogen (secondary N) is 1. The molecule has 1 amide bonds. The highest BCUT2D eigenvalue weighted by Gasteiger charge is 2.20. The second-order valence-electron chi connectivity index (χ2n) is 3.54. The number of hydrogen-bond donors (Lipinski definition) is 2. The Morgan fingerprint density at radius 3 is 2.68 bits per heavy atom. The van der Waals surface area contributed by atoms with Gasteiger partial charge < -0.3 is 19.9 Å². The molecule has 0 aromatic heterocycles. The van der Waals surface area contributed by atoms with Gasteiger partial charge in [-0.05, 0) is 12.1 Å². The van der Waals surface area contributed by atoms with Crippen LogP contribution >= 0.6 is 0 Å². The zero-order valence-corrected chi connectivity index (χ0v) is 10.3. The molecule has 1 rings (SSSR count). The van der Waals surface area contributed by atoms with Gasteiger partial charge in [0.1, 0.15) is 0 Å². The van der Waals surface area contributed by atoms with Crippen molar-refractivity contribution in [1.82, 2.24) is 5.32 Å². The van der Waals surface area contributed by atoms with E-state index in [1.165, 1.54) is 18.2 Å². The Hall–Kier alpha value is -2.15. The van der Waals surface area contributed by atoms with Crippen LogP contribution in [0.1, 0.15) is 0 Å². The highest BCUT2D eigenvalue weighted by atomic mass is 19.1. The zero-order chi connectivity index (χ0) is 14.3. The molecule has 0 aliphatic carbocycles. The first kappa shape index (κ1) is 14.9. The van der Waals surface area contributed by atoms with Gasteiger partial charge in [-0.1, -0.05) is 12.1 Å². The van der Waals surface area contributed by atoms with Gasteiger partial charge in [-0.15, -0.1) is 0 Å². The molecular formula is C12H14FNO5. The van der Waals surface area contributed by atoms with Gasteiger partial charge in [-0.2, -0.15) is 0 Å². The first-order chi connectivity index (χ1) is 9.08. The van der Waals surface area contributed by atoms with Crippen molar-refractivity contribution < 1.29 is 28.6 Å². The number of carbonyl (C=O) groups is 2. The Morgan fingerprint density at radius 1 is 1.42 bits per heavy atom. The monoisotopic (exact) mass is 271 g/mol. The van der Waals surface area contributed by atoms with Crippen LogP contribution in [0.3, 0.4) is 0 Å². The van der Waals surface area contributed by atoms with Crippen molar-refractivity contribution in [3.8, 4) is 5.75 Å². The molecular weight excluding hydrogens is 257 g/mol. The fourth-order valence-electron chi connectivity index (χ4n) is 1.26. The molecule has 0 radical (unpaired) electrons. The van der Waals surface area contributed by atoms with Crippen molar-refractivity contribution in [2.45, 2.75) is 6.04 Å². The summed E-state index contributed by atoms with van der Waals surface area (Å²) in [6.45, 7) is -1.08. The van der Waals surface area contributed by atoms with E-state index in [4.69, 9.17) is 9.84 Å². The molecule has 1 aromatic rings. The summed E-state index contributed by atoms with van der Waals surface area (Å²) in [4.78, 5) is 22.5. The normalized spacial score (nSPS) is 11.5. The van der Waals surface area contributed by atoms with Crippen molar-refractivity contribution in [3.05, 3.63) is 30.1 Å². The minimum Gasteiger partial charge on any atom is -0.481 e. The van der Waals surface area contributed by atoms with Crippen molar-refractivity contribution >= 4 is 11.9 Å². The summed E-state index contributed by atoms with van der Waals surface area (Å²) in [5, 5.41) is 11.1. The molecule has 19 heavy (non-hydrogen) atoms. The number of aliphatic hydroxyl groups excluding tert-OH is 1. The second-order valence-corrected chi connectivity index (χ2v) is 3.54. The number of ether oxygens (including phenoxy) is 2. The third kappa shape index (κ3) is 4.55. The van der Waals surface area contributed by atoms with E-state index in [9.17, 15) is 14.0 Å². The van der Waals surface area contributed by atoms with E-state index >= 15 is 0 Å². The second kappa shape index (κ2) is 7.32. The smallest absolute Gasteiger partial charge is 0.330 e. The van der Waals surface area contributed by atoms with Crippen molar-refractivity contribution in [2.24, 2.45) is 0 Å². The average Bonchev–Trinajstić information content (AvgIpc) is 2.43. The number of rotatable bonds is 6. The van der Waals surface area contributed by atoms with Gasteiger partial charge in [0.05, 0.1) is 13.7 Å². The molecule has 0 bridgehead atoms. The van der Waals surface area contributed by atoms with E-state index in [2.05, 4.69) is 10.1 Å². The van der Waals surface area contributed by atoms with Gasteiger partial charge in [0.2, 0.25) is 0 Å².